The van der Waals surface area contributed by atoms with Crippen LogP contribution in [-0.2, 0) is 6.42 Å². The van der Waals surface area contributed by atoms with Crippen molar-refractivity contribution in [1.82, 2.24) is 0 Å². The molecule has 0 aromatic heterocycles. The minimum atomic E-state index is -0.406. The molecule has 1 nitrogen and oxygen atoms in total. The van der Waals surface area contributed by atoms with Gasteiger partial charge >= 0.3 is 0 Å². The van der Waals surface area contributed by atoms with Crippen LogP contribution in [0.4, 0.5) is 4.39 Å². The standard InChI is InChI=1S/C15H20ClFO/c1-2-3-4-5-6-7-14(18)10-12-8-9-13(17)11-15(12)16/h2,8-9,11,14,18H,1,3-7,10H2. The Hall–Kier alpha value is -0.860. The van der Waals surface area contributed by atoms with Gasteiger partial charge in [-0.3, -0.25) is 0 Å². The Morgan fingerprint density at radius 2 is 2.11 bits per heavy atom. The molecule has 0 amide bonds. The van der Waals surface area contributed by atoms with Crippen molar-refractivity contribution in [1.29, 1.82) is 0 Å². The average Bonchev–Trinajstić information content (AvgIpc) is 2.32. The smallest absolute Gasteiger partial charge is 0.124 e. The lowest BCUT2D eigenvalue weighted by Gasteiger charge is -2.11. The average molecular weight is 271 g/mol. The molecule has 0 bridgehead atoms. The number of hydrogen-bond donors (Lipinski definition) is 1. The number of halogens is 2. The summed E-state index contributed by atoms with van der Waals surface area (Å²) in [5, 5.41) is 10.3. The SMILES string of the molecule is C=CCCCCCC(O)Cc1ccc(F)cc1Cl. The highest BCUT2D eigenvalue weighted by Crippen LogP contribution is 2.20. The van der Waals surface area contributed by atoms with Crippen molar-refractivity contribution < 1.29 is 9.50 Å². The van der Waals surface area contributed by atoms with Gasteiger partial charge in [-0.15, -0.1) is 6.58 Å². The topological polar surface area (TPSA) is 20.2 Å². The van der Waals surface area contributed by atoms with Gasteiger partial charge in [-0.05, 0) is 43.4 Å². The van der Waals surface area contributed by atoms with Gasteiger partial charge in [0.25, 0.3) is 0 Å². The van der Waals surface area contributed by atoms with Gasteiger partial charge in [0.1, 0.15) is 5.82 Å². The van der Waals surface area contributed by atoms with Crippen LogP contribution in [0.1, 0.15) is 37.7 Å². The highest BCUT2D eigenvalue weighted by Gasteiger charge is 2.09. The van der Waals surface area contributed by atoms with E-state index in [4.69, 9.17) is 11.6 Å². The molecule has 1 atom stereocenters. The lowest BCUT2D eigenvalue weighted by Crippen LogP contribution is -2.10. The molecule has 1 unspecified atom stereocenters. The first-order chi connectivity index (χ1) is 8.63. The maximum absolute atomic E-state index is 12.9. The van der Waals surface area contributed by atoms with Crippen LogP contribution in [0.5, 0.6) is 0 Å². The summed E-state index contributed by atoms with van der Waals surface area (Å²) in [5.74, 6) is -0.345. The molecule has 0 fully saturated rings. The third-order valence-electron chi connectivity index (χ3n) is 2.92. The van der Waals surface area contributed by atoms with E-state index >= 15 is 0 Å². The molecule has 18 heavy (non-hydrogen) atoms. The van der Waals surface area contributed by atoms with Crippen LogP contribution < -0.4 is 0 Å². The molecule has 1 rings (SSSR count). The molecule has 1 aromatic rings. The first kappa shape index (κ1) is 15.2. The fraction of sp³-hybridized carbons (Fsp3) is 0.467. The number of aliphatic hydroxyl groups is 1. The molecule has 0 saturated carbocycles. The molecule has 0 aliphatic rings. The van der Waals surface area contributed by atoms with Crippen LogP contribution >= 0.6 is 11.6 Å². The first-order valence-electron chi connectivity index (χ1n) is 6.36. The summed E-state index contributed by atoms with van der Waals surface area (Å²) in [4.78, 5) is 0. The van der Waals surface area contributed by atoms with Gasteiger partial charge in [0, 0.05) is 5.02 Å². The number of rotatable bonds is 8. The lowest BCUT2D eigenvalue weighted by molar-refractivity contribution is 0.161. The van der Waals surface area contributed by atoms with Crippen LogP contribution in [-0.4, -0.2) is 11.2 Å². The van der Waals surface area contributed by atoms with E-state index in [2.05, 4.69) is 6.58 Å². The van der Waals surface area contributed by atoms with Crippen molar-refractivity contribution in [3.8, 4) is 0 Å². The van der Waals surface area contributed by atoms with Crippen molar-refractivity contribution in [2.24, 2.45) is 0 Å². The van der Waals surface area contributed by atoms with E-state index < -0.39 is 6.10 Å². The van der Waals surface area contributed by atoms with Crippen molar-refractivity contribution >= 4 is 11.6 Å². The second-order valence-electron chi connectivity index (χ2n) is 4.52. The van der Waals surface area contributed by atoms with E-state index in [1.54, 1.807) is 6.07 Å². The molecular weight excluding hydrogens is 251 g/mol. The Bertz CT molecular complexity index is 379. The van der Waals surface area contributed by atoms with E-state index in [-0.39, 0.29) is 5.82 Å². The molecule has 0 aliphatic carbocycles. The summed E-state index contributed by atoms with van der Waals surface area (Å²) in [6.07, 6.45) is 6.98. The Labute approximate surface area is 113 Å². The molecule has 0 radical (unpaired) electrons. The second kappa shape index (κ2) is 8.28. The minimum absolute atomic E-state index is 0.345. The summed E-state index contributed by atoms with van der Waals surface area (Å²) in [6.45, 7) is 3.67. The number of aliphatic hydroxyl groups excluding tert-OH is 1. The molecule has 1 N–H and O–H groups in total. The monoisotopic (exact) mass is 270 g/mol. The number of benzene rings is 1. The van der Waals surface area contributed by atoms with Crippen LogP contribution in [0.3, 0.4) is 0 Å². The second-order valence-corrected chi connectivity index (χ2v) is 4.93. The van der Waals surface area contributed by atoms with Gasteiger partial charge in [0.2, 0.25) is 0 Å². The van der Waals surface area contributed by atoms with Crippen molar-refractivity contribution in [3.63, 3.8) is 0 Å². The van der Waals surface area contributed by atoms with Gasteiger partial charge in [-0.2, -0.15) is 0 Å². The number of allylic oxidation sites excluding steroid dienone is 1. The van der Waals surface area contributed by atoms with E-state index in [9.17, 15) is 9.50 Å². The molecule has 0 heterocycles. The summed E-state index contributed by atoms with van der Waals surface area (Å²) in [7, 11) is 0. The molecular formula is C15H20ClFO. The molecule has 3 heteroatoms. The van der Waals surface area contributed by atoms with Gasteiger partial charge < -0.3 is 5.11 Å². The summed E-state index contributed by atoms with van der Waals surface area (Å²) in [5.41, 5.74) is 0.802. The van der Waals surface area contributed by atoms with E-state index in [1.807, 2.05) is 6.08 Å². The largest absolute Gasteiger partial charge is 0.393 e. The quantitative estimate of drug-likeness (QED) is 0.544. The van der Waals surface area contributed by atoms with E-state index in [1.165, 1.54) is 12.1 Å². The summed E-state index contributed by atoms with van der Waals surface area (Å²) < 4.78 is 12.9. The van der Waals surface area contributed by atoms with Crippen molar-refractivity contribution in [2.45, 2.75) is 44.6 Å². The normalized spacial score (nSPS) is 12.4. The summed E-state index contributed by atoms with van der Waals surface area (Å²) in [6, 6.07) is 4.30. The van der Waals surface area contributed by atoms with Gasteiger partial charge in [0.15, 0.2) is 0 Å². The van der Waals surface area contributed by atoms with Gasteiger partial charge in [-0.25, -0.2) is 4.39 Å². The third-order valence-corrected chi connectivity index (χ3v) is 3.27. The molecule has 0 aliphatic heterocycles. The zero-order valence-corrected chi connectivity index (χ0v) is 11.3. The number of unbranched alkanes of at least 4 members (excludes halogenated alkanes) is 3. The third kappa shape index (κ3) is 5.65. The van der Waals surface area contributed by atoms with Gasteiger partial charge in [-0.1, -0.05) is 36.6 Å². The zero-order valence-electron chi connectivity index (χ0n) is 10.5. The lowest BCUT2D eigenvalue weighted by atomic mass is 10.0. The van der Waals surface area contributed by atoms with Crippen LogP contribution in [0.2, 0.25) is 5.02 Å². The fourth-order valence-corrected chi connectivity index (χ4v) is 2.13. The van der Waals surface area contributed by atoms with Crippen molar-refractivity contribution in [2.75, 3.05) is 0 Å². The zero-order chi connectivity index (χ0) is 13.4. The van der Waals surface area contributed by atoms with Crippen molar-refractivity contribution in [3.05, 3.63) is 47.3 Å². The predicted octanol–water partition coefficient (Wildman–Crippen LogP) is 4.52. The van der Waals surface area contributed by atoms with Gasteiger partial charge in [0.05, 0.1) is 6.10 Å². The first-order valence-corrected chi connectivity index (χ1v) is 6.74. The Morgan fingerprint density at radius 3 is 2.78 bits per heavy atom. The van der Waals surface area contributed by atoms with Crippen LogP contribution in [0.25, 0.3) is 0 Å². The highest BCUT2D eigenvalue weighted by molar-refractivity contribution is 6.31. The fourth-order valence-electron chi connectivity index (χ4n) is 1.89. The van der Waals surface area contributed by atoms with E-state index in [0.29, 0.717) is 11.4 Å². The Balaban J connectivity index is 2.30. The Kier molecular flexibility index (Phi) is 6.99. The summed E-state index contributed by atoms with van der Waals surface area (Å²) >= 11 is 5.91. The molecule has 0 spiro atoms. The van der Waals surface area contributed by atoms with E-state index in [0.717, 1.165) is 37.7 Å². The van der Waals surface area contributed by atoms with Crippen LogP contribution in [0, 0.1) is 5.82 Å². The number of hydrogen-bond acceptors (Lipinski definition) is 1. The molecule has 0 saturated heterocycles. The Morgan fingerprint density at radius 1 is 1.33 bits per heavy atom. The highest BCUT2D eigenvalue weighted by atomic mass is 35.5. The molecule has 100 valence electrons. The molecule has 1 aromatic carbocycles. The van der Waals surface area contributed by atoms with Crippen LogP contribution in [0.15, 0.2) is 30.9 Å². The minimum Gasteiger partial charge on any atom is -0.393 e. The predicted molar refractivity (Wildman–Crippen MR) is 74.4 cm³/mol. The maximum atomic E-state index is 12.9. The maximum Gasteiger partial charge on any atom is 0.124 e.